The zero-order valence-corrected chi connectivity index (χ0v) is 11.0. The van der Waals surface area contributed by atoms with Crippen molar-refractivity contribution in [3.8, 4) is 0 Å². The molecule has 0 spiro atoms. The average Bonchev–Trinajstić information content (AvgIpc) is 2.39. The molecule has 1 aromatic carbocycles. The highest BCUT2D eigenvalue weighted by Crippen LogP contribution is 2.22. The molecule has 18 heavy (non-hydrogen) atoms. The van der Waals surface area contributed by atoms with Gasteiger partial charge in [-0.3, -0.25) is 0 Å². The topological polar surface area (TPSA) is 36.4 Å². The first-order chi connectivity index (χ1) is 8.58. The predicted molar refractivity (Wildman–Crippen MR) is 74.1 cm³/mol. The number of aliphatic hydroxyl groups excluding tert-OH is 1. The van der Waals surface area contributed by atoms with Crippen LogP contribution in [0.15, 0.2) is 42.6 Å². The van der Waals surface area contributed by atoms with Crippen molar-refractivity contribution in [2.45, 2.75) is 20.0 Å². The van der Waals surface area contributed by atoms with Crippen molar-refractivity contribution in [2.75, 3.05) is 11.9 Å². The molecule has 0 saturated heterocycles. The molecule has 0 fully saturated rings. The summed E-state index contributed by atoms with van der Waals surface area (Å²) >= 11 is 0. The second kappa shape index (κ2) is 5.19. The normalized spacial score (nSPS) is 12.2. The number of anilines is 2. The maximum atomic E-state index is 9.45. The van der Waals surface area contributed by atoms with E-state index in [1.54, 1.807) is 13.1 Å². The van der Waals surface area contributed by atoms with Gasteiger partial charge < -0.3 is 10.0 Å². The van der Waals surface area contributed by atoms with E-state index in [4.69, 9.17) is 0 Å². The monoisotopic (exact) mass is 242 g/mol. The molecule has 0 unspecified atom stereocenters. The number of hydrogen-bond donors (Lipinski definition) is 1. The third kappa shape index (κ3) is 2.68. The third-order valence-corrected chi connectivity index (χ3v) is 3.02. The number of hydrogen-bond acceptors (Lipinski definition) is 3. The van der Waals surface area contributed by atoms with Gasteiger partial charge >= 0.3 is 0 Å². The van der Waals surface area contributed by atoms with Crippen LogP contribution in [0.25, 0.3) is 0 Å². The van der Waals surface area contributed by atoms with E-state index in [2.05, 4.69) is 36.2 Å². The molecular weight excluding hydrogens is 224 g/mol. The lowest BCUT2D eigenvalue weighted by Crippen LogP contribution is -2.11. The van der Waals surface area contributed by atoms with E-state index in [9.17, 15) is 5.11 Å². The van der Waals surface area contributed by atoms with Gasteiger partial charge in [0.25, 0.3) is 0 Å². The van der Waals surface area contributed by atoms with Crippen molar-refractivity contribution in [1.82, 2.24) is 4.98 Å². The van der Waals surface area contributed by atoms with Crippen LogP contribution in [-0.2, 0) is 0 Å². The number of nitrogens with zero attached hydrogens (tertiary/aromatic N) is 2. The van der Waals surface area contributed by atoms with Crippen LogP contribution in [0.4, 0.5) is 11.5 Å². The summed E-state index contributed by atoms with van der Waals surface area (Å²) in [6.45, 7) is 3.81. The number of pyridine rings is 1. The minimum Gasteiger partial charge on any atom is -0.389 e. The summed E-state index contributed by atoms with van der Waals surface area (Å²) in [7, 11) is 1.98. The van der Waals surface area contributed by atoms with Gasteiger partial charge in [0.2, 0.25) is 0 Å². The highest BCUT2D eigenvalue weighted by Gasteiger charge is 2.06. The Labute approximate surface area is 108 Å². The standard InChI is InChI=1S/C15H18N2O/c1-11-4-7-14(8-5-11)17(3)15-9-6-13(10-16-15)12(2)18/h4-10,12,18H,1-3H3/t12-/m0/s1. The zero-order chi connectivity index (χ0) is 13.1. The lowest BCUT2D eigenvalue weighted by atomic mass is 10.2. The maximum absolute atomic E-state index is 9.45. The molecule has 0 radical (unpaired) electrons. The highest BCUT2D eigenvalue weighted by atomic mass is 16.3. The minimum atomic E-state index is -0.476. The first kappa shape index (κ1) is 12.6. The van der Waals surface area contributed by atoms with Crippen molar-refractivity contribution in [1.29, 1.82) is 0 Å². The summed E-state index contributed by atoms with van der Waals surface area (Å²) in [5.74, 6) is 0.864. The lowest BCUT2D eigenvalue weighted by Gasteiger charge is -2.19. The molecule has 2 rings (SSSR count). The van der Waals surface area contributed by atoms with Gasteiger partial charge in [-0.2, -0.15) is 0 Å². The molecule has 1 atom stereocenters. The molecule has 94 valence electrons. The molecule has 3 heteroatoms. The number of aliphatic hydroxyl groups is 1. The van der Waals surface area contributed by atoms with E-state index in [1.807, 2.05) is 24.1 Å². The van der Waals surface area contributed by atoms with Crippen LogP contribution in [0.1, 0.15) is 24.2 Å². The average molecular weight is 242 g/mol. The fourth-order valence-electron chi connectivity index (χ4n) is 1.74. The van der Waals surface area contributed by atoms with Gasteiger partial charge in [0.05, 0.1) is 6.10 Å². The predicted octanol–water partition coefficient (Wildman–Crippen LogP) is 3.21. The third-order valence-electron chi connectivity index (χ3n) is 3.02. The number of benzene rings is 1. The first-order valence-electron chi connectivity index (χ1n) is 6.02. The molecule has 2 aromatic rings. The summed E-state index contributed by atoms with van der Waals surface area (Å²) in [6, 6.07) is 12.1. The van der Waals surface area contributed by atoms with Crippen LogP contribution in [0.3, 0.4) is 0 Å². The highest BCUT2D eigenvalue weighted by molar-refractivity contribution is 5.59. The van der Waals surface area contributed by atoms with E-state index in [-0.39, 0.29) is 0 Å². The fourth-order valence-corrected chi connectivity index (χ4v) is 1.74. The molecule has 0 aliphatic carbocycles. The molecule has 0 bridgehead atoms. The minimum absolute atomic E-state index is 0.476. The van der Waals surface area contributed by atoms with Crippen molar-refractivity contribution in [3.63, 3.8) is 0 Å². The zero-order valence-electron chi connectivity index (χ0n) is 11.0. The molecule has 1 heterocycles. The Hall–Kier alpha value is -1.87. The largest absolute Gasteiger partial charge is 0.389 e. The Bertz CT molecular complexity index is 503. The van der Waals surface area contributed by atoms with Crippen LogP contribution < -0.4 is 4.90 Å². The first-order valence-corrected chi connectivity index (χ1v) is 6.02. The Morgan fingerprint density at radius 3 is 2.28 bits per heavy atom. The second-order valence-corrected chi connectivity index (χ2v) is 4.52. The van der Waals surface area contributed by atoms with Crippen LogP contribution in [-0.4, -0.2) is 17.1 Å². The van der Waals surface area contributed by atoms with Crippen molar-refractivity contribution in [2.24, 2.45) is 0 Å². The second-order valence-electron chi connectivity index (χ2n) is 4.52. The van der Waals surface area contributed by atoms with Crippen molar-refractivity contribution < 1.29 is 5.11 Å². The smallest absolute Gasteiger partial charge is 0.132 e. The van der Waals surface area contributed by atoms with Crippen molar-refractivity contribution in [3.05, 3.63) is 53.7 Å². The van der Waals surface area contributed by atoms with E-state index in [1.165, 1.54) is 5.56 Å². The van der Waals surface area contributed by atoms with Crippen molar-refractivity contribution >= 4 is 11.5 Å². The number of aryl methyl sites for hydroxylation is 1. The van der Waals surface area contributed by atoms with Gasteiger partial charge in [0.15, 0.2) is 0 Å². The molecule has 0 aliphatic rings. The van der Waals surface area contributed by atoms with Crippen LogP contribution in [0.5, 0.6) is 0 Å². The van der Waals surface area contributed by atoms with E-state index >= 15 is 0 Å². The summed E-state index contributed by atoms with van der Waals surface area (Å²) in [5.41, 5.74) is 3.17. The van der Waals surface area contributed by atoms with Gasteiger partial charge in [-0.1, -0.05) is 23.8 Å². The van der Waals surface area contributed by atoms with Gasteiger partial charge in [0, 0.05) is 18.9 Å². The molecule has 1 aromatic heterocycles. The van der Waals surface area contributed by atoms with E-state index in [0.29, 0.717) is 0 Å². The van der Waals surface area contributed by atoms with Crippen LogP contribution in [0, 0.1) is 6.92 Å². The molecular formula is C15H18N2O. The molecule has 0 saturated carbocycles. The Morgan fingerprint density at radius 2 is 1.78 bits per heavy atom. The van der Waals surface area contributed by atoms with Gasteiger partial charge in [-0.15, -0.1) is 0 Å². The summed E-state index contributed by atoms with van der Waals surface area (Å²) in [5, 5.41) is 9.45. The Kier molecular flexibility index (Phi) is 3.63. The van der Waals surface area contributed by atoms with E-state index < -0.39 is 6.10 Å². The quantitative estimate of drug-likeness (QED) is 0.897. The fraction of sp³-hybridized carbons (Fsp3) is 0.267. The van der Waals surface area contributed by atoms with Gasteiger partial charge in [-0.25, -0.2) is 4.98 Å². The summed E-state index contributed by atoms with van der Waals surface area (Å²) in [4.78, 5) is 6.38. The van der Waals surface area contributed by atoms with Crippen LogP contribution in [0.2, 0.25) is 0 Å². The summed E-state index contributed by atoms with van der Waals surface area (Å²) < 4.78 is 0. The Balaban J connectivity index is 2.23. The Morgan fingerprint density at radius 1 is 1.11 bits per heavy atom. The maximum Gasteiger partial charge on any atom is 0.132 e. The number of rotatable bonds is 3. The molecule has 1 N–H and O–H groups in total. The summed E-state index contributed by atoms with van der Waals surface area (Å²) in [6.07, 6.45) is 1.24. The van der Waals surface area contributed by atoms with Gasteiger partial charge in [0.1, 0.15) is 5.82 Å². The molecule has 0 aliphatic heterocycles. The van der Waals surface area contributed by atoms with Crippen LogP contribution >= 0.6 is 0 Å². The molecule has 3 nitrogen and oxygen atoms in total. The SMILES string of the molecule is Cc1ccc(N(C)c2ccc([C@H](C)O)cn2)cc1. The number of aromatic nitrogens is 1. The molecule has 0 amide bonds. The van der Waals surface area contributed by atoms with Gasteiger partial charge in [-0.05, 0) is 37.6 Å². The lowest BCUT2D eigenvalue weighted by molar-refractivity contribution is 0.199. The van der Waals surface area contributed by atoms with E-state index in [0.717, 1.165) is 17.1 Å².